The molecule has 0 heterocycles. The first-order valence-electron chi connectivity index (χ1n) is 5.13. The summed E-state index contributed by atoms with van der Waals surface area (Å²) >= 11 is 0. The van der Waals surface area contributed by atoms with Gasteiger partial charge in [-0.15, -0.1) is 6.58 Å². The quantitative estimate of drug-likeness (QED) is 0.507. The Labute approximate surface area is 75.5 Å². The number of aliphatic hydroxyl groups excluding tert-OH is 1. The number of hydrogen-bond donors (Lipinski definition) is 1. The molecule has 1 heteroatoms. The number of rotatable bonds is 3. The Balaban J connectivity index is 2.24. The van der Waals surface area contributed by atoms with Crippen LogP contribution in [0.2, 0.25) is 0 Å². The van der Waals surface area contributed by atoms with Gasteiger partial charge in [-0.3, -0.25) is 0 Å². The molecule has 1 aliphatic rings. The van der Waals surface area contributed by atoms with Crippen LogP contribution in [0.4, 0.5) is 0 Å². The Bertz CT molecular complexity index is 123. The molecule has 0 bridgehead atoms. The minimum atomic E-state index is -0.270. The lowest BCUT2D eigenvalue weighted by atomic mass is 9.94. The van der Waals surface area contributed by atoms with Crippen LogP contribution < -0.4 is 0 Å². The molecular formula is C11H20O. The molecule has 0 aromatic carbocycles. The predicted octanol–water partition coefficient (Wildman–Crippen LogP) is 2.89. The molecule has 0 spiro atoms. The van der Waals surface area contributed by atoms with Crippen molar-refractivity contribution in [2.45, 2.75) is 51.0 Å². The second-order valence-electron chi connectivity index (χ2n) is 3.90. The smallest absolute Gasteiger partial charge is 0.0720 e. The standard InChI is InChI=1S/C11H20O/c1-2-11(12)9-10-7-5-3-4-6-8-10/h2,10-12H,1,3-9H2. The van der Waals surface area contributed by atoms with Crippen LogP contribution in [0.25, 0.3) is 0 Å². The van der Waals surface area contributed by atoms with Crippen molar-refractivity contribution in [2.75, 3.05) is 0 Å². The molecule has 0 saturated heterocycles. The van der Waals surface area contributed by atoms with E-state index >= 15 is 0 Å². The van der Waals surface area contributed by atoms with Crippen LogP contribution in [-0.2, 0) is 0 Å². The molecule has 1 N–H and O–H groups in total. The third kappa shape index (κ3) is 3.40. The molecule has 0 radical (unpaired) electrons. The van der Waals surface area contributed by atoms with E-state index in [0.717, 1.165) is 12.3 Å². The molecule has 1 rings (SSSR count). The van der Waals surface area contributed by atoms with Gasteiger partial charge in [0.05, 0.1) is 6.10 Å². The highest BCUT2D eigenvalue weighted by Crippen LogP contribution is 2.26. The summed E-state index contributed by atoms with van der Waals surface area (Å²) in [5.74, 6) is 0.750. The van der Waals surface area contributed by atoms with Crippen molar-refractivity contribution in [1.29, 1.82) is 0 Å². The largest absolute Gasteiger partial charge is 0.389 e. The Morgan fingerprint density at radius 1 is 1.25 bits per heavy atom. The summed E-state index contributed by atoms with van der Waals surface area (Å²) < 4.78 is 0. The molecule has 12 heavy (non-hydrogen) atoms. The van der Waals surface area contributed by atoms with Gasteiger partial charge in [0.2, 0.25) is 0 Å². The number of aliphatic hydroxyl groups is 1. The molecular weight excluding hydrogens is 148 g/mol. The average Bonchev–Trinajstić information content (AvgIpc) is 2.33. The van der Waals surface area contributed by atoms with Crippen LogP contribution in [-0.4, -0.2) is 11.2 Å². The minimum absolute atomic E-state index is 0.270. The molecule has 0 aromatic heterocycles. The fourth-order valence-corrected chi connectivity index (χ4v) is 2.04. The van der Waals surface area contributed by atoms with Crippen LogP contribution >= 0.6 is 0 Å². The lowest BCUT2D eigenvalue weighted by molar-refractivity contribution is 0.181. The van der Waals surface area contributed by atoms with E-state index in [-0.39, 0.29) is 6.10 Å². The zero-order valence-electron chi connectivity index (χ0n) is 7.84. The Morgan fingerprint density at radius 2 is 1.83 bits per heavy atom. The third-order valence-corrected chi connectivity index (χ3v) is 2.82. The monoisotopic (exact) mass is 168 g/mol. The maximum atomic E-state index is 9.38. The van der Waals surface area contributed by atoms with E-state index in [4.69, 9.17) is 0 Å². The van der Waals surface area contributed by atoms with Crippen molar-refractivity contribution in [1.82, 2.24) is 0 Å². The second-order valence-corrected chi connectivity index (χ2v) is 3.90. The van der Waals surface area contributed by atoms with Gasteiger partial charge in [-0.1, -0.05) is 44.6 Å². The SMILES string of the molecule is C=CC(O)CC1CCCCCC1. The lowest BCUT2D eigenvalue weighted by Gasteiger charge is -2.15. The Hall–Kier alpha value is -0.300. The average molecular weight is 168 g/mol. The summed E-state index contributed by atoms with van der Waals surface area (Å²) in [4.78, 5) is 0. The highest BCUT2D eigenvalue weighted by Gasteiger charge is 2.14. The summed E-state index contributed by atoms with van der Waals surface area (Å²) in [5, 5.41) is 9.38. The third-order valence-electron chi connectivity index (χ3n) is 2.82. The maximum Gasteiger partial charge on any atom is 0.0720 e. The highest BCUT2D eigenvalue weighted by molar-refractivity contribution is 4.80. The van der Waals surface area contributed by atoms with Gasteiger partial charge in [-0.2, -0.15) is 0 Å². The lowest BCUT2D eigenvalue weighted by Crippen LogP contribution is -2.10. The molecule has 1 nitrogen and oxygen atoms in total. The van der Waals surface area contributed by atoms with E-state index in [1.54, 1.807) is 6.08 Å². The van der Waals surface area contributed by atoms with Gasteiger partial charge in [-0.25, -0.2) is 0 Å². The topological polar surface area (TPSA) is 20.2 Å². The van der Waals surface area contributed by atoms with Gasteiger partial charge in [0.25, 0.3) is 0 Å². The van der Waals surface area contributed by atoms with Gasteiger partial charge >= 0.3 is 0 Å². The molecule has 1 atom stereocenters. The van der Waals surface area contributed by atoms with Gasteiger partial charge in [0, 0.05) is 0 Å². The molecule has 1 aliphatic carbocycles. The van der Waals surface area contributed by atoms with Crippen molar-refractivity contribution < 1.29 is 5.11 Å². The minimum Gasteiger partial charge on any atom is -0.389 e. The summed E-state index contributed by atoms with van der Waals surface area (Å²) in [6.45, 7) is 3.60. The zero-order valence-corrected chi connectivity index (χ0v) is 7.84. The van der Waals surface area contributed by atoms with E-state index < -0.39 is 0 Å². The summed E-state index contributed by atoms with van der Waals surface area (Å²) in [5.41, 5.74) is 0. The fourth-order valence-electron chi connectivity index (χ4n) is 2.04. The van der Waals surface area contributed by atoms with Gasteiger partial charge in [0.1, 0.15) is 0 Å². The van der Waals surface area contributed by atoms with Crippen molar-refractivity contribution in [3.63, 3.8) is 0 Å². The first kappa shape index (κ1) is 9.79. The second kappa shape index (κ2) is 5.36. The first-order valence-corrected chi connectivity index (χ1v) is 5.13. The molecule has 1 fully saturated rings. The van der Waals surface area contributed by atoms with Crippen molar-refractivity contribution >= 4 is 0 Å². The first-order chi connectivity index (χ1) is 5.83. The van der Waals surface area contributed by atoms with Gasteiger partial charge < -0.3 is 5.11 Å². The zero-order chi connectivity index (χ0) is 8.81. The Kier molecular flexibility index (Phi) is 4.37. The molecule has 1 saturated carbocycles. The highest BCUT2D eigenvalue weighted by atomic mass is 16.3. The summed E-state index contributed by atoms with van der Waals surface area (Å²) in [7, 11) is 0. The molecule has 0 amide bonds. The van der Waals surface area contributed by atoms with Gasteiger partial charge in [-0.05, 0) is 12.3 Å². The van der Waals surface area contributed by atoms with Crippen LogP contribution in [0.15, 0.2) is 12.7 Å². The van der Waals surface area contributed by atoms with E-state index in [1.807, 2.05) is 0 Å². The van der Waals surface area contributed by atoms with E-state index in [1.165, 1.54) is 38.5 Å². The Morgan fingerprint density at radius 3 is 2.33 bits per heavy atom. The fraction of sp³-hybridized carbons (Fsp3) is 0.818. The van der Waals surface area contributed by atoms with Crippen LogP contribution in [0.3, 0.4) is 0 Å². The maximum absolute atomic E-state index is 9.38. The van der Waals surface area contributed by atoms with E-state index in [0.29, 0.717) is 0 Å². The van der Waals surface area contributed by atoms with Crippen molar-refractivity contribution in [3.05, 3.63) is 12.7 Å². The van der Waals surface area contributed by atoms with Crippen LogP contribution in [0, 0.1) is 5.92 Å². The molecule has 1 unspecified atom stereocenters. The van der Waals surface area contributed by atoms with E-state index in [2.05, 4.69) is 6.58 Å². The molecule has 0 aliphatic heterocycles. The predicted molar refractivity (Wildman–Crippen MR) is 52.0 cm³/mol. The number of hydrogen-bond acceptors (Lipinski definition) is 1. The molecule has 70 valence electrons. The normalized spacial score (nSPS) is 23.1. The van der Waals surface area contributed by atoms with Crippen LogP contribution in [0.1, 0.15) is 44.9 Å². The van der Waals surface area contributed by atoms with E-state index in [9.17, 15) is 5.11 Å². The molecule has 0 aromatic rings. The summed E-state index contributed by atoms with van der Waals surface area (Å²) in [6, 6.07) is 0. The van der Waals surface area contributed by atoms with Crippen molar-refractivity contribution in [2.24, 2.45) is 5.92 Å². The summed E-state index contributed by atoms with van der Waals surface area (Å²) in [6.07, 6.45) is 10.4. The van der Waals surface area contributed by atoms with Gasteiger partial charge in [0.15, 0.2) is 0 Å². The van der Waals surface area contributed by atoms with Crippen molar-refractivity contribution in [3.8, 4) is 0 Å². The van der Waals surface area contributed by atoms with Crippen LogP contribution in [0.5, 0.6) is 0 Å².